The first-order valence-corrected chi connectivity index (χ1v) is 10.8. The molecule has 0 radical (unpaired) electrons. The summed E-state index contributed by atoms with van der Waals surface area (Å²) in [4.78, 5) is 14.8. The summed E-state index contributed by atoms with van der Waals surface area (Å²) in [5, 5.41) is 15.2. The smallest absolute Gasteiger partial charge is 0.188 e. The van der Waals surface area contributed by atoms with E-state index in [-0.39, 0.29) is 0 Å². The first kappa shape index (κ1) is 20.7. The quantitative estimate of drug-likeness (QED) is 0.313. The Morgan fingerprint density at radius 3 is 1.73 bits per heavy atom. The molecule has 144 valence electrons. The maximum absolute atomic E-state index is 8.01. The number of guanidine groups is 1. The lowest BCUT2D eigenvalue weighted by Gasteiger charge is -2.17. The van der Waals surface area contributed by atoms with Crippen molar-refractivity contribution >= 4 is 29.5 Å². The second kappa shape index (κ2) is 10.5. The summed E-state index contributed by atoms with van der Waals surface area (Å²) in [6.45, 7) is 9.89. The van der Waals surface area contributed by atoms with Gasteiger partial charge in [0.25, 0.3) is 0 Å². The van der Waals surface area contributed by atoms with Crippen LogP contribution in [0.15, 0.2) is 12.7 Å². The summed E-state index contributed by atoms with van der Waals surface area (Å²) < 4.78 is 0. The summed E-state index contributed by atoms with van der Waals surface area (Å²) in [6.07, 6.45) is 3.47. The molecule has 2 rings (SSSR count). The van der Waals surface area contributed by atoms with Crippen LogP contribution in [-0.2, 0) is 11.5 Å². The van der Waals surface area contributed by atoms with E-state index in [1.54, 1.807) is 12.7 Å². The summed E-state index contributed by atoms with van der Waals surface area (Å²) >= 11 is 3.70. The zero-order chi connectivity index (χ0) is 18.9. The molecule has 0 saturated carbocycles. The van der Waals surface area contributed by atoms with Crippen molar-refractivity contribution in [2.24, 2.45) is 0 Å². The molecule has 2 atom stereocenters. The van der Waals surface area contributed by atoms with Crippen molar-refractivity contribution in [3.05, 3.63) is 35.4 Å². The van der Waals surface area contributed by atoms with Crippen LogP contribution in [0.2, 0.25) is 0 Å². The van der Waals surface area contributed by atoms with E-state index in [2.05, 4.69) is 44.4 Å². The molecule has 0 aliphatic carbocycles. The summed E-state index contributed by atoms with van der Waals surface area (Å²) in [6, 6.07) is 0. The van der Waals surface area contributed by atoms with Gasteiger partial charge in [0.15, 0.2) is 5.96 Å². The summed E-state index contributed by atoms with van der Waals surface area (Å²) in [5.41, 5.74) is 4.47. The van der Waals surface area contributed by atoms with Gasteiger partial charge in [0.05, 0.1) is 24.0 Å². The Balaban J connectivity index is 1.56. The topological polar surface area (TPSA) is 105 Å². The lowest BCUT2D eigenvalue weighted by molar-refractivity contribution is 0.773. The van der Waals surface area contributed by atoms with Gasteiger partial charge in [-0.15, -0.1) is 0 Å². The lowest BCUT2D eigenvalue weighted by Crippen LogP contribution is -2.41. The molecule has 0 bridgehead atoms. The normalized spacial score (nSPS) is 13.4. The molecular formula is C17H29N7S2. The highest BCUT2D eigenvalue weighted by Gasteiger charge is 2.09. The van der Waals surface area contributed by atoms with Gasteiger partial charge in [-0.25, -0.2) is 9.97 Å². The van der Waals surface area contributed by atoms with Gasteiger partial charge in [-0.2, -0.15) is 23.5 Å². The Kier molecular flexibility index (Phi) is 8.37. The highest BCUT2D eigenvalue weighted by atomic mass is 32.2. The van der Waals surface area contributed by atoms with E-state index in [9.17, 15) is 0 Å². The van der Waals surface area contributed by atoms with Gasteiger partial charge in [0, 0.05) is 46.5 Å². The number of nitrogens with zero attached hydrogens (tertiary/aromatic N) is 2. The number of H-pyrrole nitrogens is 2. The van der Waals surface area contributed by atoms with Crippen LogP contribution in [0.4, 0.5) is 0 Å². The third kappa shape index (κ3) is 6.95. The van der Waals surface area contributed by atoms with Crippen LogP contribution in [0.25, 0.3) is 0 Å². The van der Waals surface area contributed by atoms with E-state index in [1.807, 2.05) is 37.4 Å². The number of hydrogen-bond donors (Lipinski definition) is 5. The van der Waals surface area contributed by atoms with Gasteiger partial charge in [-0.3, -0.25) is 5.41 Å². The van der Waals surface area contributed by atoms with Crippen molar-refractivity contribution in [3.8, 4) is 0 Å². The zero-order valence-electron chi connectivity index (χ0n) is 15.8. The van der Waals surface area contributed by atoms with E-state index in [1.165, 1.54) is 11.4 Å². The Bertz CT molecular complexity index is 626. The van der Waals surface area contributed by atoms with Crippen LogP contribution in [-0.4, -0.2) is 49.5 Å². The van der Waals surface area contributed by atoms with E-state index in [0.29, 0.717) is 16.5 Å². The monoisotopic (exact) mass is 395 g/mol. The SMILES string of the molecule is Cc1nc[nH]c1CSC(C)CNC(=N)NCC(C)SCc1[nH]cnc1C. The van der Waals surface area contributed by atoms with Gasteiger partial charge in [0.2, 0.25) is 0 Å². The first-order chi connectivity index (χ1) is 12.5. The first-order valence-electron chi connectivity index (χ1n) is 8.73. The highest BCUT2D eigenvalue weighted by molar-refractivity contribution is 7.99. The van der Waals surface area contributed by atoms with Gasteiger partial charge >= 0.3 is 0 Å². The average molecular weight is 396 g/mol. The maximum Gasteiger partial charge on any atom is 0.188 e. The van der Waals surface area contributed by atoms with Crippen molar-refractivity contribution in [2.75, 3.05) is 13.1 Å². The van der Waals surface area contributed by atoms with Crippen LogP contribution in [0.3, 0.4) is 0 Å². The molecule has 26 heavy (non-hydrogen) atoms. The van der Waals surface area contributed by atoms with Gasteiger partial charge in [-0.1, -0.05) is 13.8 Å². The van der Waals surface area contributed by atoms with Crippen molar-refractivity contribution in [3.63, 3.8) is 0 Å². The van der Waals surface area contributed by atoms with E-state index >= 15 is 0 Å². The second-order valence-electron chi connectivity index (χ2n) is 6.31. The Morgan fingerprint density at radius 2 is 1.38 bits per heavy atom. The predicted molar refractivity (Wildman–Crippen MR) is 112 cm³/mol. The molecule has 2 aromatic heterocycles. The molecule has 0 aliphatic heterocycles. The fraction of sp³-hybridized carbons (Fsp3) is 0.588. The van der Waals surface area contributed by atoms with E-state index in [0.717, 1.165) is 36.0 Å². The molecule has 0 fully saturated rings. The molecule has 0 aliphatic rings. The molecule has 2 heterocycles. The molecule has 0 saturated heterocycles. The van der Waals surface area contributed by atoms with Crippen LogP contribution in [0.5, 0.6) is 0 Å². The third-order valence-electron chi connectivity index (χ3n) is 4.02. The minimum Gasteiger partial charge on any atom is -0.355 e. The lowest BCUT2D eigenvalue weighted by atomic mass is 10.4. The van der Waals surface area contributed by atoms with Crippen molar-refractivity contribution in [2.45, 2.75) is 49.7 Å². The molecule has 9 heteroatoms. The predicted octanol–water partition coefficient (Wildman–Crippen LogP) is 2.81. The molecule has 0 aromatic carbocycles. The van der Waals surface area contributed by atoms with E-state index < -0.39 is 0 Å². The van der Waals surface area contributed by atoms with Crippen LogP contribution >= 0.6 is 23.5 Å². The van der Waals surface area contributed by atoms with Gasteiger partial charge in [0.1, 0.15) is 0 Å². The van der Waals surface area contributed by atoms with Crippen molar-refractivity contribution < 1.29 is 0 Å². The summed E-state index contributed by atoms with van der Waals surface area (Å²) in [5.74, 6) is 2.21. The number of rotatable bonds is 10. The summed E-state index contributed by atoms with van der Waals surface area (Å²) in [7, 11) is 0. The number of hydrogen-bond acceptors (Lipinski definition) is 5. The Morgan fingerprint density at radius 1 is 0.962 bits per heavy atom. The molecule has 2 unspecified atom stereocenters. The van der Waals surface area contributed by atoms with Gasteiger partial charge < -0.3 is 20.6 Å². The molecular weight excluding hydrogens is 366 g/mol. The number of nitrogens with one attached hydrogen (secondary N) is 5. The number of imidazole rings is 2. The standard InChI is InChI=1S/C17H29N7S2/c1-11(25-7-15-13(3)21-9-23-15)5-19-17(18)20-6-12(2)26-8-16-14(4)22-10-24-16/h9-12H,5-8H2,1-4H3,(H,21,23)(H,22,24)(H3,18,19,20). The molecule has 0 spiro atoms. The Labute approximate surface area is 163 Å². The van der Waals surface area contributed by atoms with Crippen molar-refractivity contribution in [1.82, 2.24) is 30.6 Å². The number of aryl methyl sites for hydroxylation is 2. The number of thioether (sulfide) groups is 2. The van der Waals surface area contributed by atoms with Crippen LogP contribution < -0.4 is 10.6 Å². The third-order valence-corrected chi connectivity index (χ3v) is 6.41. The number of aromatic amines is 2. The van der Waals surface area contributed by atoms with Crippen molar-refractivity contribution in [1.29, 1.82) is 5.41 Å². The highest BCUT2D eigenvalue weighted by Crippen LogP contribution is 2.18. The van der Waals surface area contributed by atoms with Crippen LogP contribution in [0, 0.1) is 19.3 Å². The average Bonchev–Trinajstić information content (AvgIpc) is 3.22. The fourth-order valence-electron chi connectivity index (χ4n) is 2.19. The molecule has 2 aromatic rings. The Hall–Kier alpha value is -1.61. The minimum absolute atomic E-state index is 0.389. The maximum atomic E-state index is 8.01. The van der Waals surface area contributed by atoms with Gasteiger partial charge in [-0.05, 0) is 13.8 Å². The molecule has 5 N–H and O–H groups in total. The molecule has 0 amide bonds. The largest absolute Gasteiger partial charge is 0.355 e. The minimum atomic E-state index is 0.389. The van der Waals surface area contributed by atoms with E-state index in [4.69, 9.17) is 5.41 Å². The number of aromatic nitrogens is 4. The molecule has 7 nitrogen and oxygen atoms in total. The second-order valence-corrected chi connectivity index (χ2v) is 9.17. The van der Waals surface area contributed by atoms with Crippen LogP contribution in [0.1, 0.15) is 36.6 Å². The zero-order valence-corrected chi connectivity index (χ0v) is 17.5. The fourth-order valence-corrected chi connectivity index (χ4v) is 4.08.